The van der Waals surface area contributed by atoms with Crippen LogP contribution in [0.2, 0.25) is 0 Å². The number of nitriles is 1. The largest absolute Gasteiger partial charge is 0.282 e. The van der Waals surface area contributed by atoms with E-state index in [-0.39, 0.29) is 5.56 Å². The van der Waals surface area contributed by atoms with Crippen LogP contribution in [0.3, 0.4) is 0 Å². The molecule has 21 heavy (non-hydrogen) atoms. The highest BCUT2D eigenvalue weighted by Gasteiger charge is 2.08. The topological polar surface area (TPSA) is 58.7 Å². The lowest BCUT2D eigenvalue weighted by molar-refractivity contribution is 0.990. The van der Waals surface area contributed by atoms with Crippen molar-refractivity contribution in [2.24, 2.45) is 0 Å². The third-order valence-electron chi connectivity index (χ3n) is 2.86. The van der Waals surface area contributed by atoms with Crippen LogP contribution in [0, 0.1) is 18.3 Å². The third kappa shape index (κ3) is 2.86. The molecule has 0 amide bonds. The van der Waals surface area contributed by atoms with Gasteiger partial charge in [-0.05, 0) is 31.2 Å². The number of aromatic nitrogens is 2. The number of hydrogen-bond donors (Lipinski definition) is 0. The molecule has 0 saturated carbocycles. The van der Waals surface area contributed by atoms with E-state index < -0.39 is 0 Å². The number of hydrogen-bond acceptors (Lipinski definition) is 4. The average molecular weight is 297 g/mol. The van der Waals surface area contributed by atoms with Gasteiger partial charge in [-0.15, -0.1) is 11.3 Å². The summed E-state index contributed by atoms with van der Waals surface area (Å²) in [5.41, 5.74) is 1.51. The summed E-state index contributed by atoms with van der Waals surface area (Å²) in [7, 11) is 0. The van der Waals surface area contributed by atoms with Gasteiger partial charge in [-0.1, -0.05) is 13.8 Å². The number of pyridine rings is 2. The van der Waals surface area contributed by atoms with E-state index in [1.54, 1.807) is 23.0 Å². The standard InChI is InChI=1S/C14H9N3OS.C2H6/c1-9-2-3-11(8-16-9)17-5-4-10-6-12(7-15)19-13(10)14(17)18;1-2/h2-6,8H,1H3;1-2H3. The Balaban J connectivity index is 0.000000774. The van der Waals surface area contributed by atoms with E-state index in [0.717, 1.165) is 16.8 Å². The van der Waals surface area contributed by atoms with Crippen LogP contribution in [0.4, 0.5) is 0 Å². The van der Waals surface area contributed by atoms with Crippen molar-refractivity contribution >= 4 is 21.4 Å². The van der Waals surface area contributed by atoms with Gasteiger partial charge in [0.1, 0.15) is 15.6 Å². The molecule has 3 aromatic heterocycles. The molecular weight excluding hydrogens is 282 g/mol. The van der Waals surface area contributed by atoms with E-state index in [1.165, 1.54) is 11.3 Å². The summed E-state index contributed by atoms with van der Waals surface area (Å²) < 4.78 is 2.14. The molecule has 3 aromatic rings. The van der Waals surface area contributed by atoms with Gasteiger partial charge in [0.15, 0.2) is 0 Å². The number of fused-ring (bicyclic) bond motifs is 1. The van der Waals surface area contributed by atoms with Crippen molar-refractivity contribution in [1.29, 1.82) is 5.26 Å². The maximum atomic E-state index is 12.4. The molecule has 0 spiro atoms. The summed E-state index contributed by atoms with van der Waals surface area (Å²) in [6, 6.07) is 9.36. The Morgan fingerprint density at radius 3 is 2.67 bits per heavy atom. The highest BCUT2D eigenvalue weighted by molar-refractivity contribution is 7.19. The lowest BCUT2D eigenvalue weighted by Crippen LogP contribution is -2.16. The van der Waals surface area contributed by atoms with Gasteiger partial charge in [0.05, 0.1) is 11.9 Å². The maximum absolute atomic E-state index is 12.4. The lowest BCUT2D eigenvalue weighted by atomic mass is 10.3. The molecule has 0 radical (unpaired) electrons. The second-order valence-electron chi connectivity index (χ2n) is 4.16. The first-order valence-corrected chi connectivity index (χ1v) is 7.49. The molecule has 0 aromatic carbocycles. The summed E-state index contributed by atoms with van der Waals surface area (Å²) in [5.74, 6) is 0. The molecule has 3 rings (SSSR count). The monoisotopic (exact) mass is 297 g/mol. The Morgan fingerprint density at radius 2 is 2.05 bits per heavy atom. The Morgan fingerprint density at radius 1 is 1.29 bits per heavy atom. The van der Waals surface area contributed by atoms with Crippen LogP contribution in [0.15, 0.2) is 41.5 Å². The predicted molar refractivity (Wildman–Crippen MR) is 86.0 cm³/mol. The molecule has 0 N–H and O–H groups in total. The predicted octanol–water partition coefficient (Wildman–Crippen LogP) is 3.65. The van der Waals surface area contributed by atoms with Crippen LogP contribution in [0.25, 0.3) is 15.8 Å². The first-order valence-electron chi connectivity index (χ1n) is 6.67. The summed E-state index contributed by atoms with van der Waals surface area (Å²) in [5, 5.41) is 9.70. The van der Waals surface area contributed by atoms with Crippen molar-refractivity contribution in [1.82, 2.24) is 9.55 Å². The molecule has 0 atom stereocenters. The normalized spacial score (nSPS) is 9.81. The molecule has 0 aliphatic heterocycles. The van der Waals surface area contributed by atoms with Crippen molar-refractivity contribution in [3.05, 3.63) is 57.6 Å². The number of thiophene rings is 1. The van der Waals surface area contributed by atoms with E-state index in [4.69, 9.17) is 5.26 Å². The minimum atomic E-state index is -0.116. The summed E-state index contributed by atoms with van der Waals surface area (Å²) in [6.45, 7) is 5.90. The second-order valence-corrected chi connectivity index (χ2v) is 5.21. The number of nitrogens with zero attached hydrogens (tertiary/aromatic N) is 3. The summed E-state index contributed by atoms with van der Waals surface area (Å²) in [4.78, 5) is 17.1. The zero-order valence-corrected chi connectivity index (χ0v) is 12.9. The minimum absolute atomic E-state index is 0.116. The molecule has 0 fully saturated rings. The van der Waals surface area contributed by atoms with E-state index in [0.29, 0.717) is 9.58 Å². The van der Waals surface area contributed by atoms with Gasteiger partial charge in [0.2, 0.25) is 0 Å². The van der Waals surface area contributed by atoms with Crippen molar-refractivity contribution in [2.75, 3.05) is 0 Å². The third-order valence-corrected chi connectivity index (χ3v) is 3.90. The molecular formula is C16H15N3OS. The summed E-state index contributed by atoms with van der Waals surface area (Å²) in [6.07, 6.45) is 3.38. The smallest absolute Gasteiger partial charge is 0.273 e. The molecule has 5 heteroatoms. The quantitative estimate of drug-likeness (QED) is 0.689. The van der Waals surface area contributed by atoms with Crippen molar-refractivity contribution in [3.8, 4) is 11.8 Å². The maximum Gasteiger partial charge on any atom is 0.273 e. The zero-order valence-electron chi connectivity index (χ0n) is 12.1. The Kier molecular flexibility index (Phi) is 4.51. The Labute approximate surface area is 126 Å². The van der Waals surface area contributed by atoms with Crippen molar-refractivity contribution in [3.63, 3.8) is 0 Å². The highest BCUT2D eigenvalue weighted by Crippen LogP contribution is 2.22. The second kappa shape index (κ2) is 6.33. The first kappa shape index (κ1) is 14.9. The van der Waals surface area contributed by atoms with Crippen LogP contribution >= 0.6 is 11.3 Å². The highest BCUT2D eigenvalue weighted by atomic mass is 32.1. The van der Waals surface area contributed by atoms with Crippen LogP contribution in [-0.2, 0) is 0 Å². The lowest BCUT2D eigenvalue weighted by Gasteiger charge is -2.05. The fraction of sp³-hybridized carbons (Fsp3) is 0.188. The van der Waals surface area contributed by atoms with Crippen LogP contribution in [0.5, 0.6) is 0 Å². The fourth-order valence-corrected chi connectivity index (χ4v) is 2.77. The number of rotatable bonds is 1. The Bertz CT molecular complexity index is 854. The molecule has 0 unspecified atom stereocenters. The van der Waals surface area contributed by atoms with Gasteiger partial charge in [-0.25, -0.2) is 0 Å². The minimum Gasteiger partial charge on any atom is -0.282 e. The van der Waals surface area contributed by atoms with Gasteiger partial charge >= 0.3 is 0 Å². The molecule has 106 valence electrons. The SMILES string of the molecule is CC.Cc1ccc(-n2ccc3cc(C#N)sc3c2=O)cn1. The van der Waals surface area contributed by atoms with E-state index in [1.807, 2.05) is 39.0 Å². The first-order chi connectivity index (χ1) is 10.2. The molecule has 0 saturated heterocycles. The fourth-order valence-electron chi connectivity index (χ4n) is 1.89. The molecule has 0 aliphatic carbocycles. The van der Waals surface area contributed by atoms with Gasteiger partial charge in [0.25, 0.3) is 5.56 Å². The van der Waals surface area contributed by atoms with Gasteiger partial charge in [-0.3, -0.25) is 14.3 Å². The van der Waals surface area contributed by atoms with Crippen molar-refractivity contribution in [2.45, 2.75) is 20.8 Å². The average Bonchev–Trinajstić information content (AvgIpc) is 2.95. The van der Waals surface area contributed by atoms with E-state index >= 15 is 0 Å². The summed E-state index contributed by atoms with van der Waals surface area (Å²) >= 11 is 1.22. The number of aryl methyl sites for hydroxylation is 1. The Hall–Kier alpha value is -2.45. The van der Waals surface area contributed by atoms with Gasteiger partial charge in [-0.2, -0.15) is 5.26 Å². The van der Waals surface area contributed by atoms with Crippen LogP contribution in [-0.4, -0.2) is 9.55 Å². The zero-order chi connectivity index (χ0) is 15.4. The molecule has 4 nitrogen and oxygen atoms in total. The van der Waals surface area contributed by atoms with Crippen molar-refractivity contribution < 1.29 is 0 Å². The van der Waals surface area contributed by atoms with Crippen LogP contribution in [0.1, 0.15) is 24.4 Å². The van der Waals surface area contributed by atoms with E-state index in [9.17, 15) is 4.79 Å². The van der Waals surface area contributed by atoms with Crippen LogP contribution < -0.4 is 5.56 Å². The molecule has 0 bridgehead atoms. The van der Waals surface area contributed by atoms with Gasteiger partial charge in [0, 0.05) is 17.3 Å². The van der Waals surface area contributed by atoms with Gasteiger partial charge < -0.3 is 0 Å². The van der Waals surface area contributed by atoms with E-state index in [2.05, 4.69) is 11.1 Å². The molecule has 0 aliphatic rings. The molecule has 3 heterocycles.